The van der Waals surface area contributed by atoms with Gasteiger partial charge in [-0.15, -0.1) is 16.9 Å². The molecule has 0 unspecified atom stereocenters. The summed E-state index contributed by atoms with van der Waals surface area (Å²) < 4.78 is 7.09. The quantitative estimate of drug-likeness (QED) is 0.776. The average Bonchev–Trinajstić information content (AvgIpc) is 2.82. The summed E-state index contributed by atoms with van der Waals surface area (Å²) in [4.78, 5) is 1.10. The van der Waals surface area contributed by atoms with Gasteiger partial charge in [0.2, 0.25) is 0 Å². The summed E-state index contributed by atoms with van der Waals surface area (Å²) >= 11 is 1.77. The first-order valence-corrected chi connectivity index (χ1v) is 6.79. The molecule has 0 radical (unpaired) electrons. The minimum Gasteiger partial charge on any atom is -0.496 e. The van der Waals surface area contributed by atoms with Gasteiger partial charge in [0.15, 0.2) is 5.82 Å². The first-order valence-electron chi connectivity index (χ1n) is 5.80. The fourth-order valence-electron chi connectivity index (χ4n) is 1.66. The van der Waals surface area contributed by atoms with Gasteiger partial charge < -0.3 is 4.74 Å². The highest BCUT2D eigenvalue weighted by molar-refractivity contribution is 7.99. The number of nitrogens with zero attached hydrogens (tertiary/aromatic N) is 4. The van der Waals surface area contributed by atoms with Crippen molar-refractivity contribution < 1.29 is 4.74 Å². The zero-order valence-electron chi connectivity index (χ0n) is 10.8. The molecule has 2 aromatic rings. The molecule has 0 atom stereocenters. The number of benzene rings is 1. The van der Waals surface area contributed by atoms with Crippen LogP contribution in [0.2, 0.25) is 0 Å². The van der Waals surface area contributed by atoms with Gasteiger partial charge in [-0.3, -0.25) is 0 Å². The largest absolute Gasteiger partial charge is 0.496 e. The van der Waals surface area contributed by atoms with Gasteiger partial charge in [0.1, 0.15) is 5.75 Å². The van der Waals surface area contributed by atoms with Crippen LogP contribution in [0.3, 0.4) is 0 Å². The van der Waals surface area contributed by atoms with Gasteiger partial charge in [-0.25, -0.2) is 4.68 Å². The molecule has 1 aromatic heterocycles. The minimum absolute atomic E-state index is 0.757. The summed E-state index contributed by atoms with van der Waals surface area (Å²) in [6, 6.07) is 5.94. The highest BCUT2D eigenvalue weighted by Crippen LogP contribution is 2.37. The third-order valence-electron chi connectivity index (χ3n) is 2.51. The van der Waals surface area contributed by atoms with Crippen LogP contribution >= 0.6 is 11.8 Å². The Hall–Kier alpha value is -1.56. The number of aryl methyl sites for hydroxylation is 1. The van der Waals surface area contributed by atoms with Crippen molar-refractivity contribution in [1.82, 2.24) is 20.2 Å². The molecule has 6 heteroatoms. The summed E-state index contributed by atoms with van der Waals surface area (Å²) in [6.07, 6.45) is 1.11. The Morgan fingerprint density at radius 1 is 1.39 bits per heavy atom. The van der Waals surface area contributed by atoms with Crippen molar-refractivity contribution in [2.45, 2.75) is 18.2 Å². The van der Waals surface area contributed by atoms with Crippen molar-refractivity contribution in [3.8, 4) is 17.1 Å². The van der Waals surface area contributed by atoms with Crippen LogP contribution in [-0.4, -0.2) is 33.1 Å². The lowest BCUT2D eigenvalue weighted by Gasteiger charge is -2.12. The van der Waals surface area contributed by atoms with Gasteiger partial charge in [-0.1, -0.05) is 13.0 Å². The molecule has 0 saturated carbocycles. The fourth-order valence-corrected chi connectivity index (χ4v) is 2.68. The van der Waals surface area contributed by atoms with E-state index in [-0.39, 0.29) is 0 Å². The molecule has 96 valence electrons. The molecular formula is C12H16N4OS. The number of hydrogen-bond acceptors (Lipinski definition) is 5. The van der Waals surface area contributed by atoms with Crippen molar-refractivity contribution >= 4 is 11.8 Å². The van der Waals surface area contributed by atoms with Crippen LogP contribution in [0.25, 0.3) is 11.4 Å². The molecule has 0 fully saturated rings. The third kappa shape index (κ3) is 2.48. The van der Waals surface area contributed by atoms with Crippen molar-refractivity contribution in [3.63, 3.8) is 0 Å². The molecular weight excluding hydrogens is 248 g/mol. The van der Waals surface area contributed by atoms with Gasteiger partial charge in [-0.2, -0.15) is 0 Å². The average molecular weight is 264 g/mol. The number of thioether (sulfide) groups is 1. The molecule has 18 heavy (non-hydrogen) atoms. The predicted octanol–water partition coefficient (Wildman–Crippen LogP) is 2.39. The van der Waals surface area contributed by atoms with Gasteiger partial charge in [-0.05, 0) is 34.7 Å². The molecule has 1 aromatic carbocycles. The monoisotopic (exact) mass is 264 g/mol. The van der Waals surface area contributed by atoms with E-state index in [1.807, 2.05) is 25.2 Å². The predicted molar refractivity (Wildman–Crippen MR) is 71.8 cm³/mol. The number of hydrogen-bond donors (Lipinski definition) is 0. The van der Waals surface area contributed by atoms with Gasteiger partial charge >= 0.3 is 0 Å². The molecule has 1 heterocycles. The number of rotatable bonds is 5. The second-order valence-electron chi connectivity index (χ2n) is 3.81. The van der Waals surface area contributed by atoms with E-state index in [1.165, 1.54) is 0 Å². The lowest BCUT2D eigenvalue weighted by molar-refractivity contribution is 0.405. The van der Waals surface area contributed by atoms with E-state index in [4.69, 9.17) is 4.74 Å². The van der Waals surface area contributed by atoms with Crippen LogP contribution in [0.15, 0.2) is 23.1 Å². The maximum atomic E-state index is 5.42. The molecule has 0 bridgehead atoms. The summed E-state index contributed by atoms with van der Waals surface area (Å²) in [7, 11) is 3.52. The van der Waals surface area contributed by atoms with Crippen LogP contribution in [0.5, 0.6) is 5.75 Å². The molecule has 0 aliphatic heterocycles. The Kier molecular flexibility index (Phi) is 4.19. The maximum Gasteiger partial charge on any atom is 0.183 e. The zero-order valence-corrected chi connectivity index (χ0v) is 11.6. The maximum absolute atomic E-state index is 5.42. The molecule has 5 nitrogen and oxygen atoms in total. The van der Waals surface area contributed by atoms with Crippen LogP contribution < -0.4 is 4.74 Å². The smallest absolute Gasteiger partial charge is 0.183 e. The Labute approximate surface area is 111 Å². The van der Waals surface area contributed by atoms with Crippen molar-refractivity contribution in [3.05, 3.63) is 18.2 Å². The molecule has 0 N–H and O–H groups in total. The van der Waals surface area contributed by atoms with E-state index in [9.17, 15) is 0 Å². The topological polar surface area (TPSA) is 52.8 Å². The van der Waals surface area contributed by atoms with Crippen molar-refractivity contribution in [2.24, 2.45) is 7.05 Å². The minimum atomic E-state index is 0.757. The molecule has 0 aliphatic carbocycles. The second kappa shape index (κ2) is 5.86. The summed E-state index contributed by atoms with van der Waals surface area (Å²) in [5.74, 6) is 2.67. The van der Waals surface area contributed by atoms with Crippen LogP contribution in [0, 0.1) is 0 Å². The highest BCUT2D eigenvalue weighted by Gasteiger charge is 2.15. The lowest BCUT2D eigenvalue weighted by atomic mass is 10.2. The zero-order chi connectivity index (χ0) is 13.0. The molecule has 0 spiro atoms. The van der Waals surface area contributed by atoms with E-state index < -0.39 is 0 Å². The molecule has 0 aliphatic rings. The standard InChI is InChI=1S/C12H16N4OS/c1-4-8-18-11-9(6-5-7-10(11)17-3)12-13-14-15-16(12)2/h5-7H,4,8H2,1-3H3. The van der Waals surface area contributed by atoms with E-state index in [2.05, 4.69) is 22.4 Å². The Bertz CT molecular complexity index is 527. The number of tetrazole rings is 1. The normalized spacial score (nSPS) is 10.6. The molecule has 0 amide bonds. The van der Waals surface area contributed by atoms with E-state index in [0.29, 0.717) is 0 Å². The summed E-state index contributed by atoms with van der Waals surface area (Å²) in [5.41, 5.74) is 1.01. The third-order valence-corrected chi connectivity index (χ3v) is 3.83. The first-order chi connectivity index (χ1) is 8.77. The number of aromatic nitrogens is 4. The lowest BCUT2D eigenvalue weighted by Crippen LogP contribution is -1.97. The number of methoxy groups -OCH3 is 1. The molecule has 2 rings (SSSR count). The van der Waals surface area contributed by atoms with Crippen LogP contribution in [0.1, 0.15) is 13.3 Å². The van der Waals surface area contributed by atoms with Crippen LogP contribution in [-0.2, 0) is 7.05 Å². The van der Waals surface area contributed by atoms with Crippen LogP contribution in [0.4, 0.5) is 0 Å². The SMILES string of the molecule is CCCSc1c(OC)cccc1-c1nnnn1C. The summed E-state index contributed by atoms with van der Waals surface area (Å²) in [6.45, 7) is 2.16. The van der Waals surface area contributed by atoms with Gasteiger partial charge in [0.25, 0.3) is 0 Å². The highest BCUT2D eigenvalue weighted by atomic mass is 32.2. The first kappa shape index (κ1) is 12.9. The van der Waals surface area contributed by atoms with E-state index >= 15 is 0 Å². The Balaban J connectivity index is 2.49. The van der Waals surface area contributed by atoms with E-state index in [1.54, 1.807) is 23.6 Å². The Morgan fingerprint density at radius 3 is 2.83 bits per heavy atom. The van der Waals surface area contributed by atoms with Crippen molar-refractivity contribution in [2.75, 3.05) is 12.9 Å². The molecule has 0 saturated heterocycles. The van der Waals surface area contributed by atoms with Gasteiger partial charge in [0.05, 0.1) is 12.0 Å². The van der Waals surface area contributed by atoms with Gasteiger partial charge in [0, 0.05) is 12.6 Å². The Morgan fingerprint density at radius 2 is 2.22 bits per heavy atom. The number of ether oxygens (including phenoxy) is 1. The fraction of sp³-hybridized carbons (Fsp3) is 0.417. The van der Waals surface area contributed by atoms with E-state index in [0.717, 1.165) is 34.2 Å². The second-order valence-corrected chi connectivity index (χ2v) is 4.92. The van der Waals surface area contributed by atoms with Crippen molar-refractivity contribution in [1.29, 1.82) is 0 Å². The summed E-state index contributed by atoms with van der Waals surface area (Å²) in [5, 5.41) is 11.6.